The zero-order valence-electron chi connectivity index (χ0n) is 11.6. The Morgan fingerprint density at radius 3 is 2.35 bits per heavy atom. The molecule has 1 aromatic rings. The number of nitrogens with zero attached hydrogens (tertiary/aromatic N) is 3. The Kier molecular flexibility index (Phi) is 9.32. The van der Waals surface area contributed by atoms with Crippen LogP contribution >= 0.6 is 22.9 Å². The van der Waals surface area contributed by atoms with Crippen molar-refractivity contribution in [3.63, 3.8) is 0 Å². The van der Waals surface area contributed by atoms with Crippen LogP contribution in [-0.2, 0) is 11.3 Å². The molecule has 114 valence electrons. The molecule has 0 bridgehead atoms. The van der Waals surface area contributed by atoms with Gasteiger partial charge in [-0.15, -0.1) is 5.10 Å². The van der Waals surface area contributed by atoms with Crippen molar-refractivity contribution in [3.05, 3.63) is 29.8 Å². The summed E-state index contributed by atoms with van der Waals surface area (Å²) in [5, 5.41) is 6.36. The lowest BCUT2D eigenvalue weighted by Gasteiger charge is -2.29. The second-order valence-electron chi connectivity index (χ2n) is 3.67. The quantitative estimate of drug-likeness (QED) is 0.621. The van der Waals surface area contributed by atoms with Crippen LogP contribution in [0.3, 0.4) is 0 Å². The fourth-order valence-corrected chi connectivity index (χ4v) is 2.12. The van der Waals surface area contributed by atoms with Crippen LogP contribution in [0, 0.1) is 0 Å². The number of rotatable bonds is 2. The Labute approximate surface area is 136 Å². The first-order valence-electron chi connectivity index (χ1n) is 6.37. The summed E-state index contributed by atoms with van der Waals surface area (Å²) in [5.41, 5.74) is 7.75. The van der Waals surface area contributed by atoms with Gasteiger partial charge in [-0.1, -0.05) is 33.4 Å². The largest absolute Gasteiger partial charge is 0.467 e. The highest BCUT2D eigenvalue weighted by Crippen LogP contribution is 2.19. The molecule has 1 aliphatic rings. The average molecular weight is 392 g/mol. The van der Waals surface area contributed by atoms with Gasteiger partial charge in [0.05, 0.1) is 48.8 Å². The van der Waals surface area contributed by atoms with Crippen molar-refractivity contribution >= 4 is 34.6 Å². The molecule has 0 saturated heterocycles. The van der Waals surface area contributed by atoms with Crippen LogP contribution < -0.4 is 10.7 Å². The highest BCUT2D eigenvalue weighted by molar-refractivity contribution is 14.1. The van der Waals surface area contributed by atoms with Gasteiger partial charge < -0.3 is 10.5 Å². The molecule has 0 fully saturated rings. The van der Waals surface area contributed by atoms with E-state index in [1.54, 1.807) is 7.11 Å². The number of hydrogen-bond donors (Lipinski definition) is 1. The minimum absolute atomic E-state index is 0. The van der Waals surface area contributed by atoms with Crippen molar-refractivity contribution in [2.24, 2.45) is 10.8 Å². The standard InChI is InChI=1S/C11H15IN4O.C2H6.CH4/c1-17-11-14-16(7-6-15(11)12)10-4-2-9(8-13)3-5-10;1-2;/h2-5H,6-8,13H2,1H3;1-2H3;1H4. The number of methoxy groups -OCH3 is 1. The van der Waals surface area contributed by atoms with E-state index in [-0.39, 0.29) is 7.43 Å². The lowest BCUT2D eigenvalue weighted by atomic mass is 10.2. The Morgan fingerprint density at radius 1 is 1.25 bits per heavy atom. The topological polar surface area (TPSA) is 54.1 Å². The maximum atomic E-state index is 5.57. The molecule has 0 radical (unpaired) electrons. The van der Waals surface area contributed by atoms with Gasteiger partial charge in [-0.2, -0.15) is 0 Å². The van der Waals surface area contributed by atoms with Crippen LogP contribution in [0.4, 0.5) is 5.69 Å². The molecule has 0 amide bonds. The molecular weight excluding hydrogens is 367 g/mol. The molecule has 0 aromatic heterocycles. The SMILES string of the molecule is C.CC.COC1=NN(c2ccc(CN)cc2)CCN1I. The first-order valence-corrected chi connectivity index (χ1v) is 7.33. The molecule has 2 rings (SSSR count). The third-order valence-electron chi connectivity index (χ3n) is 2.57. The summed E-state index contributed by atoms with van der Waals surface area (Å²) in [5.74, 6) is 0. The summed E-state index contributed by atoms with van der Waals surface area (Å²) >= 11 is 2.19. The van der Waals surface area contributed by atoms with Crippen molar-refractivity contribution < 1.29 is 4.74 Å². The Morgan fingerprint density at radius 2 is 1.85 bits per heavy atom. The third-order valence-corrected chi connectivity index (χ3v) is 3.47. The molecule has 1 aromatic carbocycles. The van der Waals surface area contributed by atoms with E-state index in [0.717, 1.165) is 24.3 Å². The number of halogens is 1. The van der Waals surface area contributed by atoms with Crippen molar-refractivity contribution in [3.8, 4) is 0 Å². The average Bonchev–Trinajstić information content (AvgIpc) is 2.50. The number of anilines is 1. The molecule has 2 N–H and O–H groups in total. The number of benzene rings is 1. The van der Waals surface area contributed by atoms with E-state index in [1.807, 2.05) is 46.2 Å². The Hall–Kier alpha value is -1.02. The summed E-state index contributed by atoms with van der Waals surface area (Å²) in [6.07, 6.45) is 0. The molecule has 0 atom stereocenters. The monoisotopic (exact) mass is 392 g/mol. The van der Waals surface area contributed by atoms with Gasteiger partial charge >= 0.3 is 6.02 Å². The van der Waals surface area contributed by atoms with E-state index in [4.69, 9.17) is 10.5 Å². The molecule has 5 nitrogen and oxygen atoms in total. The van der Waals surface area contributed by atoms with Gasteiger partial charge in [0.15, 0.2) is 0 Å². The smallest absolute Gasteiger partial charge is 0.318 e. The number of hydrazone groups is 1. The molecule has 20 heavy (non-hydrogen) atoms. The lowest BCUT2D eigenvalue weighted by Crippen LogP contribution is -2.39. The molecule has 6 heteroatoms. The van der Waals surface area contributed by atoms with Crippen LogP contribution in [0.15, 0.2) is 29.4 Å². The molecule has 0 saturated carbocycles. The zero-order valence-corrected chi connectivity index (χ0v) is 13.8. The van der Waals surface area contributed by atoms with E-state index in [9.17, 15) is 0 Å². The van der Waals surface area contributed by atoms with Crippen molar-refractivity contribution in [1.82, 2.24) is 3.11 Å². The first kappa shape index (κ1) is 19.0. The normalized spacial score (nSPS) is 13.8. The first-order chi connectivity index (χ1) is 9.24. The van der Waals surface area contributed by atoms with Crippen LogP contribution in [0.2, 0.25) is 0 Å². The van der Waals surface area contributed by atoms with Gasteiger partial charge in [0.25, 0.3) is 0 Å². The Balaban J connectivity index is 0.00000115. The summed E-state index contributed by atoms with van der Waals surface area (Å²) in [6.45, 7) is 6.29. The maximum absolute atomic E-state index is 5.57. The predicted octanol–water partition coefficient (Wildman–Crippen LogP) is 3.20. The van der Waals surface area contributed by atoms with E-state index in [0.29, 0.717) is 12.6 Å². The summed E-state index contributed by atoms with van der Waals surface area (Å²) in [4.78, 5) is 0. The molecule has 1 heterocycles. The zero-order chi connectivity index (χ0) is 14.3. The number of ether oxygens (including phenoxy) is 1. The Bertz CT molecular complexity index is 408. The van der Waals surface area contributed by atoms with Crippen molar-refractivity contribution in [2.75, 3.05) is 25.2 Å². The van der Waals surface area contributed by atoms with Gasteiger partial charge in [-0.05, 0) is 17.7 Å². The van der Waals surface area contributed by atoms with Crippen LogP contribution in [-0.4, -0.2) is 29.3 Å². The van der Waals surface area contributed by atoms with E-state index < -0.39 is 0 Å². The fraction of sp³-hybridized carbons (Fsp3) is 0.500. The second-order valence-corrected chi connectivity index (χ2v) is 4.83. The number of nitrogens with two attached hydrogens (primary N) is 1. The second kappa shape index (κ2) is 9.82. The van der Waals surface area contributed by atoms with E-state index in [1.165, 1.54) is 0 Å². The highest BCUT2D eigenvalue weighted by Gasteiger charge is 2.19. The van der Waals surface area contributed by atoms with Crippen LogP contribution in [0.5, 0.6) is 0 Å². The van der Waals surface area contributed by atoms with Crippen molar-refractivity contribution in [2.45, 2.75) is 27.8 Å². The maximum Gasteiger partial charge on any atom is 0.318 e. The van der Waals surface area contributed by atoms with Gasteiger partial charge in [-0.25, -0.2) is 0 Å². The predicted molar refractivity (Wildman–Crippen MR) is 94.9 cm³/mol. The summed E-state index contributed by atoms with van der Waals surface area (Å²) in [6, 6.07) is 8.73. The molecule has 0 spiro atoms. The third kappa shape index (κ3) is 4.82. The van der Waals surface area contributed by atoms with Crippen LogP contribution in [0.25, 0.3) is 0 Å². The van der Waals surface area contributed by atoms with Gasteiger partial charge in [0.2, 0.25) is 0 Å². The minimum atomic E-state index is 0. The van der Waals surface area contributed by atoms with Crippen LogP contribution in [0.1, 0.15) is 26.8 Å². The molecule has 0 unspecified atom stereocenters. The minimum Gasteiger partial charge on any atom is -0.467 e. The van der Waals surface area contributed by atoms with Gasteiger partial charge in [0, 0.05) is 6.54 Å². The van der Waals surface area contributed by atoms with E-state index >= 15 is 0 Å². The van der Waals surface area contributed by atoms with E-state index in [2.05, 4.69) is 28.0 Å². The molecule has 0 aliphatic carbocycles. The number of hydrogen-bond acceptors (Lipinski definition) is 5. The summed E-state index contributed by atoms with van der Waals surface area (Å²) < 4.78 is 7.17. The highest BCUT2D eigenvalue weighted by atomic mass is 127. The fourth-order valence-electron chi connectivity index (χ4n) is 1.61. The number of amidine groups is 1. The lowest BCUT2D eigenvalue weighted by molar-refractivity contribution is 0.344. The van der Waals surface area contributed by atoms with Crippen molar-refractivity contribution in [1.29, 1.82) is 0 Å². The molecular formula is C14H25IN4O. The van der Waals surface area contributed by atoms with Gasteiger partial charge in [0.1, 0.15) is 0 Å². The van der Waals surface area contributed by atoms with Gasteiger partial charge in [-0.3, -0.25) is 8.12 Å². The summed E-state index contributed by atoms with van der Waals surface area (Å²) in [7, 11) is 1.63. The molecule has 1 aliphatic heterocycles.